The Kier molecular flexibility index (Phi) is 5.63. The first-order valence-electron chi connectivity index (χ1n) is 8.28. The number of benzene rings is 2. The molecule has 0 saturated carbocycles. The van der Waals surface area contributed by atoms with Gasteiger partial charge in [-0.3, -0.25) is 0 Å². The summed E-state index contributed by atoms with van der Waals surface area (Å²) in [5, 5.41) is 11.3. The molecule has 0 bridgehead atoms. The van der Waals surface area contributed by atoms with Gasteiger partial charge in [0.25, 0.3) is 8.32 Å². The van der Waals surface area contributed by atoms with Crippen molar-refractivity contribution in [2.45, 2.75) is 38.4 Å². The van der Waals surface area contributed by atoms with E-state index in [0.717, 1.165) is 10.4 Å². The van der Waals surface area contributed by atoms with Gasteiger partial charge in [0.15, 0.2) is 5.67 Å². The number of rotatable bonds is 6. The molecule has 1 atom stereocenters. The van der Waals surface area contributed by atoms with E-state index in [1.54, 1.807) is 0 Å². The number of halogens is 1. The molecule has 0 aliphatic rings. The van der Waals surface area contributed by atoms with Crippen LogP contribution in [0.25, 0.3) is 0 Å². The largest absolute Gasteiger partial charge is 0.404 e. The lowest BCUT2D eigenvalue weighted by Crippen LogP contribution is -2.67. The van der Waals surface area contributed by atoms with Gasteiger partial charge in [-0.05, 0) is 22.3 Å². The van der Waals surface area contributed by atoms with Gasteiger partial charge in [-0.25, -0.2) is 4.39 Å². The topological polar surface area (TPSA) is 29.5 Å². The van der Waals surface area contributed by atoms with Crippen molar-refractivity contribution in [2.24, 2.45) is 0 Å². The summed E-state index contributed by atoms with van der Waals surface area (Å²) in [5.41, 5.74) is -1.76. The van der Waals surface area contributed by atoms with Gasteiger partial charge < -0.3 is 9.53 Å². The van der Waals surface area contributed by atoms with E-state index in [4.69, 9.17) is 4.43 Å². The zero-order valence-corrected chi connectivity index (χ0v) is 15.9. The lowest BCUT2D eigenvalue weighted by molar-refractivity contribution is 0.0372. The van der Waals surface area contributed by atoms with Crippen LogP contribution in [0.1, 0.15) is 27.7 Å². The second kappa shape index (κ2) is 7.17. The van der Waals surface area contributed by atoms with Crippen molar-refractivity contribution in [1.82, 2.24) is 0 Å². The average Bonchev–Trinajstić information content (AvgIpc) is 2.56. The highest BCUT2D eigenvalue weighted by Gasteiger charge is 2.51. The van der Waals surface area contributed by atoms with E-state index in [1.807, 2.05) is 36.4 Å². The molecule has 0 heterocycles. The van der Waals surface area contributed by atoms with Crippen LogP contribution in [0.3, 0.4) is 0 Å². The Morgan fingerprint density at radius 1 is 0.875 bits per heavy atom. The van der Waals surface area contributed by atoms with Gasteiger partial charge in [0.05, 0.1) is 13.2 Å². The number of aliphatic hydroxyl groups excluding tert-OH is 1. The lowest BCUT2D eigenvalue weighted by Gasteiger charge is -2.44. The first kappa shape index (κ1) is 18.8. The van der Waals surface area contributed by atoms with Crippen LogP contribution in [0.2, 0.25) is 5.04 Å². The van der Waals surface area contributed by atoms with E-state index in [1.165, 1.54) is 6.92 Å². The molecule has 0 radical (unpaired) electrons. The Morgan fingerprint density at radius 3 is 1.62 bits per heavy atom. The van der Waals surface area contributed by atoms with Crippen LogP contribution >= 0.6 is 0 Å². The third-order valence-corrected chi connectivity index (χ3v) is 9.32. The van der Waals surface area contributed by atoms with Crippen molar-refractivity contribution >= 4 is 18.7 Å². The smallest absolute Gasteiger partial charge is 0.261 e. The fourth-order valence-electron chi connectivity index (χ4n) is 3.07. The van der Waals surface area contributed by atoms with E-state index in [0.29, 0.717) is 0 Å². The van der Waals surface area contributed by atoms with Gasteiger partial charge in [0.1, 0.15) is 0 Å². The predicted molar refractivity (Wildman–Crippen MR) is 100 cm³/mol. The van der Waals surface area contributed by atoms with Crippen LogP contribution in [-0.2, 0) is 4.43 Å². The summed E-state index contributed by atoms with van der Waals surface area (Å²) in [6.45, 7) is 7.14. The lowest BCUT2D eigenvalue weighted by atomic mass is 10.2. The van der Waals surface area contributed by atoms with Crippen molar-refractivity contribution in [3.63, 3.8) is 0 Å². The Bertz CT molecular complexity index is 596. The fourth-order valence-corrected chi connectivity index (χ4v) is 7.74. The van der Waals surface area contributed by atoms with Gasteiger partial charge in [-0.15, -0.1) is 0 Å². The molecule has 2 nitrogen and oxygen atoms in total. The van der Waals surface area contributed by atoms with Gasteiger partial charge in [0, 0.05) is 0 Å². The first-order chi connectivity index (χ1) is 11.2. The molecule has 0 fully saturated rings. The molecular formula is C20H27FO2Si. The quantitative estimate of drug-likeness (QED) is 0.814. The molecule has 0 aliphatic heterocycles. The summed E-state index contributed by atoms with van der Waals surface area (Å²) in [6.07, 6.45) is 0. The van der Waals surface area contributed by atoms with Gasteiger partial charge in [-0.1, -0.05) is 81.4 Å². The first-order valence-corrected chi connectivity index (χ1v) is 10.2. The number of hydrogen-bond acceptors (Lipinski definition) is 2. The summed E-state index contributed by atoms with van der Waals surface area (Å²) in [4.78, 5) is 0. The molecule has 0 aromatic heterocycles. The average molecular weight is 347 g/mol. The van der Waals surface area contributed by atoms with Crippen molar-refractivity contribution in [3.8, 4) is 0 Å². The Labute approximate surface area is 145 Å². The third-order valence-electron chi connectivity index (χ3n) is 4.34. The standard InChI is InChI=1S/C20H27FO2Si/c1-19(2,3)24(17-11-7-5-8-12-17,18-13-9-6-10-14-18)23-16-20(4,21)15-22/h5-14,22H,15-16H2,1-4H3/t20-/m0/s1. The normalized spacial score (nSPS) is 15.1. The zero-order valence-electron chi connectivity index (χ0n) is 14.9. The van der Waals surface area contributed by atoms with Crippen molar-refractivity contribution < 1.29 is 13.9 Å². The molecule has 2 aromatic carbocycles. The second-order valence-corrected chi connectivity index (χ2v) is 11.8. The maximum atomic E-state index is 14.4. The number of hydrogen-bond donors (Lipinski definition) is 1. The van der Waals surface area contributed by atoms with E-state index >= 15 is 0 Å². The zero-order chi connectivity index (χ0) is 17.8. The maximum Gasteiger partial charge on any atom is 0.261 e. The van der Waals surface area contributed by atoms with Crippen molar-refractivity contribution in [3.05, 3.63) is 60.7 Å². The summed E-state index contributed by atoms with van der Waals surface area (Å²) in [6, 6.07) is 20.2. The minimum absolute atomic E-state index is 0.128. The molecule has 130 valence electrons. The molecule has 0 unspecified atom stereocenters. The summed E-state index contributed by atoms with van der Waals surface area (Å²) >= 11 is 0. The molecule has 0 aliphatic carbocycles. The highest BCUT2D eigenvalue weighted by molar-refractivity contribution is 6.99. The maximum absolute atomic E-state index is 14.4. The van der Waals surface area contributed by atoms with E-state index in [-0.39, 0.29) is 11.6 Å². The van der Waals surface area contributed by atoms with Crippen molar-refractivity contribution in [1.29, 1.82) is 0 Å². The van der Waals surface area contributed by atoms with E-state index in [9.17, 15) is 9.50 Å². The van der Waals surface area contributed by atoms with Crippen LogP contribution in [0, 0.1) is 0 Å². The minimum atomic E-state index is -2.73. The van der Waals surface area contributed by atoms with Crippen molar-refractivity contribution in [2.75, 3.05) is 13.2 Å². The molecule has 4 heteroatoms. The highest BCUT2D eigenvalue weighted by Crippen LogP contribution is 2.37. The Morgan fingerprint density at radius 2 is 1.29 bits per heavy atom. The van der Waals surface area contributed by atoms with Crippen LogP contribution < -0.4 is 10.4 Å². The molecule has 0 amide bonds. The Hall–Kier alpha value is -1.49. The summed E-state index contributed by atoms with van der Waals surface area (Å²) in [7, 11) is -2.73. The summed E-state index contributed by atoms with van der Waals surface area (Å²) in [5.74, 6) is 0. The van der Waals surface area contributed by atoms with Gasteiger partial charge >= 0.3 is 0 Å². The minimum Gasteiger partial charge on any atom is -0.404 e. The van der Waals surface area contributed by atoms with E-state index < -0.39 is 20.6 Å². The molecule has 2 aromatic rings. The number of alkyl halides is 1. The molecule has 24 heavy (non-hydrogen) atoms. The SMILES string of the molecule is CC(C)(C)[Si](OC[C@@](C)(F)CO)(c1ccccc1)c1ccccc1. The monoisotopic (exact) mass is 346 g/mol. The fraction of sp³-hybridized carbons (Fsp3) is 0.400. The summed E-state index contributed by atoms with van der Waals surface area (Å²) < 4.78 is 20.8. The molecule has 0 saturated heterocycles. The van der Waals surface area contributed by atoms with Crippen LogP contribution in [-0.4, -0.2) is 32.3 Å². The number of aliphatic hydroxyl groups is 1. The van der Waals surface area contributed by atoms with Gasteiger partial charge in [0.2, 0.25) is 0 Å². The molecule has 1 N–H and O–H groups in total. The van der Waals surface area contributed by atoms with Gasteiger partial charge in [-0.2, -0.15) is 0 Å². The third kappa shape index (κ3) is 3.77. The van der Waals surface area contributed by atoms with Crippen LogP contribution in [0.5, 0.6) is 0 Å². The van der Waals surface area contributed by atoms with Crippen LogP contribution in [0.4, 0.5) is 4.39 Å². The van der Waals surface area contributed by atoms with E-state index in [2.05, 4.69) is 45.0 Å². The second-order valence-electron chi connectivity index (χ2n) is 7.52. The molecular weight excluding hydrogens is 319 g/mol. The molecule has 2 rings (SSSR count). The Balaban J connectivity index is 2.62. The van der Waals surface area contributed by atoms with Crippen LogP contribution in [0.15, 0.2) is 60.7 Å². The highest BCUT2D eigenvalue weighted by atomic mass is 28.4. The molecule has 0 spiro atoms. The predicted octanol–water partition coefficient (Wildman–Crippen LogP) is 3.28.